The maximum Gasteiger partial charge on any atom is 0.270 e. The highest BCUT2D eigenvalue weighted by Crippen LogP contribution is 2.42. The van der Waals surface area contributed by atoms with Crippen LogP contribution in [0.5, 0.6) is 5.75 Å². The topological polar surface area (TPSA) is 109 Å². The van der Waals surface area contributed by atoms with Gasteiger partial charge in [-0.15, -0.1) is 0 Å². The molecule has 0 aliphatic rings. The van der Waals surface area contributed by atoms with Gasteiger partial charge in [0.2, 0.25) is 0 Å². The van der Waals surface area contributed by atoms with Crippen molar-refractivity contribution >= 4 is 32.3 Å². The predicted octanol–water partition coefficient (Wildman–Crippen LogP) is 5.41. The van der Waals surface area contributed by atoms with Crippen LogP contribution in [0.4, 0.5) is 11.5 Å². The molecule has 0 radical (unpaired) electrons. The number of hydrogen-bond donors (Lipinski definition) is 0. The van der Waals surface area contributed by atoms with E-state index < -0.39 is 10.0 Å². The highest BCUT2D eigenvalue weighted by molar-refractivity contribution is 7.93. The molecule has 182 valence electrons. The highest BCUT2D eigenvalue weighted by atomic mass is 32.2. The summed E-state index contributed by atoms with van der Waals surface area (Å²) in [5.74, 6) is 0.373. The molecule has 0 fully saturated rings. The molecule has 5 rings (SSSR count). The van der Waals surface area contributed by atoms with Crippen LogP contribution < -0.4 is 9.04 Å². The lowest BCUT2D eigenvalue weighted by atomic mass is 9.97. The van der Waals surface area contributed by atoms with Crippen LogP contribution in [0.2, 0.25) is 0 Å². The first kappa shape index (κ1) is 23.9. The van der Waals surface area contributed by atoms with Crippen LogP contribution in [0.25, 0.3) is 21.9 Å². The number of fused-ring (bicyclic) bond motifs is 1. The zero-order valence-electron chi connectivity index (χ0n) is 20.0. The first-order chi connectivity index (χ1) is 17.9. The van der Waals surface area contributed by atoms with E-state index in [1.807, 2.05) is 31.2 Å². The number of nitriles is 1. The zero-order chi connectivity index (χ0) is 26.0. The van der Waals surface area contributed by atoms with Gasteiger partial charge in [-0.05, 0) is 48.2 Å². The third-order valence-corrected chi connectivity index (χ3v) is 7.63. The van der Waals surface area contributed by atoms with E-state index in [1.54, 1.807) is 36.7 Å². The molecular weight excluding hydrogens is 486 g/mol. The molecule has 0 amide bonds. The van der Waals surface area contributed by atoms with Crippen molar-refractivity contribution in [1.29, 1.82) is 5.26 Å². The minimum Gasteiger partial charge on any atom is -0.495 e. The molecule has 8 nitrogen and oxygen atoms in total. The molecule has 0 aliphatic heterocycles. The van der Waals surface area contributed by atoms with Gasteiger partial charge >= 0.3 is 0 Å². The summed E-state index contributed by atoms with van der Waals surface area (Å²) < 4.78 is 35.1. The van der Waals surface area contributed by atoms with Gasteiger partial charge in [-0.1, -0.05) is 35.9 Å². The van der Waals surface area contributed by atoms with Crippen LogP contribution in [0.1, 0.15) is 11.1 Å². The minimum atomic E-state index is -4.21. The van der Waals surface area contributed by atoms with E-state index in [1.165, 1.54) is 37.8 Å². The smallest absolute Gasteiger partial charge is 0.270 e. The minimum absolute atomic E-state index is 0.0492. The Morgan fingerprint density at radius 1 is 0.946 bits per heavy atom. The van der Waals surface area contributed by atoms with Crippen LogP contribution in [0, 0.1) is 18.3 Å². The summed E-state index contributed by atoms with van der Waals surface area (Å²) in [5.41, 5.74) is 2.93. The summed E-state index contributed by atoms with van der Waals surface area (Å²) >= 11 is 0. The molecule has 2 heterocycles. The Kier molecular flexibility index (Phi) is 6.26. The lowest BCUT2D eigenvalue weighted by Crippen LogP contribution is -2.27. The number of rotatable bonds is 6. The van der Waals surface area contributed by atoms with Crippen LogP contribution in [-0.4, -0.2) is 30.5 Å². The molecule has 2 aromatic heterocycles. The van der Waals surface area contributed by atoms with Crippen molar-refractivity contribution in [1.82, 2.24) is 15.0 Å². The van der Waals surface area contributed by atoms with E-state index in [0.717, 1.165) is 26.2 Å². The van der Waals surface area contributed by atoms with Crippen molar-refractivity contribution in [2.45, 2.75) is 11.8 Å². The summed E-state index contributed by atoms with van der Waals surface area (Å²) in [6, 6.07) is 21.2. The predicted molar refractivity (Wildman–Crippen MR) is 141 cm³/mol. The summed E-state index contributed by atoms with van der Waals surface area (Å²) in [7, 11) is -2.75. The number of sulfonamides is 1. The number of anilines is 2. The summed E-state index contributed by atoms with van der Waals surface area (Å²) in [5, 5.41) is 11.6. The standard InChI is InChI=1S/C28H21N5O3S/c1-19-4-3-5-21(12-19)25-15-27(36-2)26(14-23(25)16-29)33(28-9-11-31-18-32-28)37(34,35)24-7-6-22-17-30-10-8-20(22)13-24/h3-15,17-18H,1-2H3. The molecule has 37 heavy (non-hydrogen) atoms. The first-order valence-corrected chi connectivity index (χ1v) is 12.7. The van der Waals surface area contributed by atoms with E-state index in [0.29, 0.717) is 11.1 Å². The monoisotopic (exact) mass is 507 g/mol. The van der Waals surface area contributed by atoms with Gasteiger partial charge in [-0.25, -0.2) is 22.7 Å². The fourth-order valence-corrected chi connectivity index (χ4v) is 5.62. The van der Waals surface area contributed by atoms with Crippen molar-refractivity contribution in [2.24, 2.45) is 0 Å². The second-order valence-electron chi connectivity index (χ2n) is 8.27. The second kappa shape index (κ2) is 9.68. The Bertz CT molecular complexity index is 1770. The third kappa shape index (κ3) is 4.46. The lowest BCUT2D eigenvalue weighted by Gasteiger charge is -2.26. The van der Waals surface area contributed by atoms with Crippen molar-refractivity contribution in [3.63, 3.8) is 0 Å². The number of aryl methyl sites for hydroxylation is 1. The van der Waals surface area contributed by atoms with E-state index in [-0.39, 0.29) is 22.2 Å². The van der Waals surface area contributed by atoms with E-state index >= 15 is 0 Å². The summed E-state index contributed by atoms with van der Waals surface area (Å²) in [4.78, 5) is 12.3. The zero-order valence-corrected chi connectivity index (χ0v) is 20.8. The molecule has 0 unspecified atom stereocenters. The van der Waals surface area contributed by atoms with Crippen LogP contribution >= 0.6 is 0 Å². The number of methoxy groups -OCH3 is 1. The van der Waals surface area contributed by atoms with Crippen molar-refractivity contribution < 1.29 is 13.2 Å². The second-order valence-corrected chi connectivity index (χ2v) is 10.1. The summed E-state index contributed by atoms with van der Waals surface area (Å²) in [6.45, 7) is 1.96. The van der Waals surface area contributed by atoms with E-state index in [9.17, 15) is 13.7 Å². The van der Waals surface area contributed by atoms with Crippen LogP contribution in [-0.2, 0) is 10.0 Å². The fourth-order valence-electron chi connectivity index (χ4n) is 4.14. The maximum absolute atomic E-state index is 14.2. The van der Waals surface area contributed by atoms with Crippen molar-refractivity contribution in [3.8, 4) is 22.9 Å². The average Bonchev–Trinajstić information content (AvgIpc) is 2.93. The molecule has 0 bridgehead atoms. The maximum atomic E-state index is 14.2. The quantitative estimate of drug-likeness (QED) is 0.302. The van der Waals surface area contributed by atoms with Gasteiger partial charge in [0.25, 0.3) is 10.0 Å². The van der Waals surface area contributed by atoms with Gasteiger partial charge < -0.3 is 4.74 Å². The van der Waals surface area contributed by atoms with Gasteiger partial charge in [0.15, 0.2) is 5.82 Å². The summed E-state index contributed by atoms with van der Waals surface area (Å²) in [6.07, 6.45) is 5.99. The van der Waals surface area contributed by atoms with Gasteiger partial charge in [-0.2, -0.15) is 5.26 Å². The molecule has 0 aliphatic carbocycles. The molecule has 0 saturated heterocycles. The van der Waals surface area contributed by atoms with Gasteiger partial charge in [-0.3, -0.25) is 4.98 Å². The largest absolute Gasteiger partial charge is 0.495 e. The number of ether oxygens (including phenoxy) is 1. The molecular formula is C28H21N5O3S. The van der Waals surface area contributed by atoms with Crippen LogP contribution in [0.3, 0.4) is 0 Å². The molecule has 9 heteroatoms. The average molecular weight is 508 g/mol. The third-order valence-electron chi connectivity index (χ3n) is 5.91. The first-order valence-electron chi connectivity index (χ1n) is 11.3. The Labute approximate surface area is 214 Å². The van der Waals surface area contributed by atoms with E-state index in [2.05, 4.69) is 21.0 Å². The number of hydrogen-bond acceptors (Lipinski definition) is 7. The number of benzene rings is 3. The normalized spacial score (nSPS) is 11.2. The SMILES string of the molecule is COc1cc(-c2cccc(C)c2)c(C#N)cc1N(c1ccncn1)S(=O)(=O)c1ccc2cnccc2c1. The molecule has 0 N–H and O–H groups in total. The lowest BCUT2D eigenvalue weighted by molar-refractivity contribution is 0.416. The fraction of sp³-hybridized carbons (Fsp3) is 0.0714. The molecule has 0 saturated carbocycles. The number of aromatic nitrogens is 3. The molecule has 0 spiro atoms. The van der Waals surface area contributed by atoms with E-state index in [4.69, 9.17) is 4.74 Å². The van der Waals surface area contributed by atoms with Gasteiger partial charge in [0, 0.05) is 35.6 Å². The Morgan fingerprint density at radius 3 is 2.51 bits per heavy atom. The molecule has 0 atom stereocenters. The number of pyridine rings is 1. The number of nitrogens with zero attached hydrogens (tertiary/aromatic N) is 5. The Morgan fingerprint density at radius 2 is 1.78 bits per heavy atom. The van der Waals surface area contributed by atoms with Gasteiger partial charge in [0.1, 0.15) is 17.8 Å². The van der Waals surface area contributed by atoms with Gasteiger partial charge in [0.05, 0.1) is 23.6 Å². The van der Waals surface area contributed by atoms with Crippen molar-refractivity contribution in [2.75, 3.05) is 11.4 Å². The molecule has 5 aromatic rings. The highest BCUT2D eigenvalue weighted by Gasteiger charge is 2.31. The molecule has 3 aromatic carbocycles. The van der Waals surface area contributed by atoms with Crippen LogP contribution in [0.15, 0.2) is 96.5 Å². The Balaban J connectivity index is 1.75. The Hall–Kier alpha value is -4.81. The van der Waals surface area contributed by atoms with Crippen molar-refractivity contribution in [3.05, 3.63) is 103 Å².